The van der Waals surface area contributed by atoms with Crippen LogP contribution in [0, 0.1) is 10.1 Å². The van der Waals surface area contributed by atoms with Gasteiger partial charge >= 0.3 is 5.69 Å². The molecular weight excluding hydrogens is 276 g/mol. The number of nitrogens with one attached hydrogen (secondary N) is 1. The second kappa shape index (κ2) is 6.66. The summed E-state index contributed by atoms with van der Waals surface area (Å²) in [6.45, 7) is 4.34. The van der Waals surface area contributed by atoms with Crippen molar-refractivity contribution in [2.24, 2.45) is 0 Å². The van der Waals surface area contributed by atoms with Crippen LogP contribution in [0.4, 0.5) is 11.5 Å². The van der Waals surface area contributed by atoms with Crippen molar-refractivity contribution < 1.29 is 14.4 Å². The van der Waals surface area contributed by atoms with Crippen molar-refractivity contribution in [1.82, 2.24) is 9.97 Å². The molecule has 21 heavy (non-hydrogen) atoms. The Morgan fingerprint density at radius 3 is 2.62 bits per heavy atom. The second-order valence-electron chi connectivity index (χ2n) is 5.26. The van der Waals surface area contributed by atoms with Crippen molar-refractivity contribution in [1.29, 1.82) is 0 Å². The van der Waals surface area contributed by atoms with Gasteiger partial charge in [0, 0.05) is 19.1 Å². The quantitative estimate of drug-likeness (QED) is 0.445. The molecule has 0 atom stereocenters. The molecule has 0 aliphatic heterocycles. The lowest BCUT2D eigenvalue weighted by molar-refractivity contribution is -0.385. The molecule has 1 heterocycles. The van der Waals surface area contributed by atoms with Crippen molar-refractivity contribution in [3.8, 4) is 5.88 Å². The van der Waals surface area contributed by atoms with Crippen LogP contribution in [0.15, 0.2) is 0 Å². The smallest absolute Gasteiger partial charge is 0.372 e. The van der Waals surface area contributed by atoms with E-state index in [-0.39, 0.29) is 36.0 Å². The topological polar surface area (TPSA) is 99.4 Å². The van der Waals surface area contributed by atoms with Crippen LogP contribution < -0.4 is 10.1 Å². The fourth-order valence-corrected chi connectivity index (χ4v) is 1.84. The minimum Gasteiger partial charge on any atom is -0.470 e. The summed E-state index contributed by atoms with van der Waals surface area (Å²) in [5, 5.41) is 14.3. The number of hydrogen-bond acceptors (Lipinski definition) is 7. The van der Waals surface area contributed by atoms with Gasteiger partial charge in [-0.2, -0.15) is 4.98 Å². The molecule has 116 valence electrons. The van der Waals surface area contributed by atoms with Gasteiger partial charge in [-0.05, 0) is 26.7 Å². The van der Waals surface area contributed by atoms with Gasteiger partial charge in [-0.25, -0.2) is 4.98 Å². The normalized spacial score (nSPS) is 14.3. The highest BCUT2D eigenvalue weighted by Gasteiger charge is 2.33. The summed E-state index contributed by atoms with van der Waals surface area (Å²) >= 11 is 0. The summed E-state index contributed by atoms with van der Waals surface area (Å²) in [4.78, 5) is 19.4. The summed E-state index contributed by atoms with van der Waals surface area (Å²) in [5.74, 6) is 1.12. The molecule has 0 spiro atoms. The van der Waals surface area contributed by atoms with Crippen LogP contribution in [0.3, 0.4) is 0 Å². The van der Waals surface area contributed by atoms with Crippen LogP contribution in [-0.4, -0.2) is 41.3 Å². The molecule has 1 saturated carbocycles. The van der Waals surface area contributed by atoms with Gasteiger partial charge in [-0.1, -0.05) is 0 Å². The van der Waals surface area contributed by atoms with E-state index < -0.39 is 4.92 Å². The predicted octanol–water partition coefficient (Wildman–Crippen LogP) is 2.11. The molecule has 0 bridgehead atoms. The van der Waals surface area contributed by atoms with Crippen LogP contribution in [0.1, 0.15) is 38.4 Å². The van der Waals surface area contributed by atoms with Gasteiger partial charge in [0.2, 0.25) is 5.82 Å². The van der Waals surface area contributed by atoms with Gasteiger partial charge in [-0.15, -0.1) is 0 Å². The van der Waals surface area contributed by atoms with E-state index in [1.807, 2.05) is 13.8 Å². The highest BCUT2D eigenvalue weighted by molar-refractivity contribution is 5.62. The molecule has 0 saturated heterocycles. The molecule has 8 heteroatoms. The molecule has 8 nitrogen and oxygen atoms in total. The third-order valence-electron chi connectivity index (χ3n) is 2.95. The number of methoxy groups -OCH3 is 1. The lowest BCUT2D eigenvalue weighted by atomic mass is 10.3. The molecule has 2 rings (SSSR count). The first-order valence-electron chi connectivity index (χ1n) is 6.97. The highest BCUT2D eigenvalue weighted by atomic mass is 16.6. The van der Waals surface area contributed by atoms with Gasteiger partial charge in [0.25, 0.3) is 5.88 Å². The van der Waals surface area contributed by atoms with Gasteiger partial charge < -0.3 is 14.8 Å². The summed E-state index contributed by atoms with van der Waals surface area (Å²) < 4.78 is 10.3. The largest absolute Gasteiger partial charge is 0.470 e. The Morgan fingerprint density at radius 1 is 1.38 bits per heavy atom. The molecule has 1 N–H and O–H groups in total. The molecule has 0 unspecified atom stereocenters. The second-order valence-corrected chi connectivity index (χ2v) is 5.26. The Labute approximate surface area is 123 Å². The molecule has 1 fully saturated rings. The van der Waals surface area contributed by atoms with Crippen molar-refractivity contribution in [3.63, 3.8) is 0 Å². The number of ether oxygens (including phenoxy) is 2. The first kappa shape index (κ1) is 15.4. The zero-order valence-electron chi connectivity index (χ0n) is 12.5. The molecule has 0 radical (unpaired) electrons. The first-order valence-corrected chi connectivity index (χ1v) is 6.97. The van der Waals surface area contributed by atoms with E-state index in [1.54, 1.807) is 7.11 Å². The maximum atomic E-state index is 11.3. The minimum absolute atomic E-state index is 0.0112. The van der Waals surface area contributed by atoms with Gasteiger partial charge in [0.1, 0.15) is 12.4 Å². The third-order valence-corrected chi connectivity index (χ3v) is 2.95. The first-order chi connectivity index (χ1) is 10.0. The Hall–Kier alpha value is -1.96. The van der Waals surface area contributed by atoms with Crippen molar-refractivity contribution in [3.05, 3.63) is 15.9 Å². The SMILES string of the molecule is COCCOc1nc(C2CC2)nc(NC(C)C)c1[N+](=O)[O-]. The van der Waals surface area contributed by atoms with Crippen LogP contribution in [0.25, 0.3) is 0 Å². The number of rotatable bonds is 8. The lowest BCUT2D eigenvalue weighted by Crippen LogP contribution is -2.16. The molecule has 1 aromatic heterocycles. The van der Waals surface area contributed by atoms with E-state index in [0.29, 0.717) is 12.4 Å². The maximum Gasteiger partial charge on any atom is 0.372 e. The minimum atomic E-state index is -0.510. The number of anilines is 1. The lowest BCUT2D eigenvalue weighted by Gasteiger charge is -2.13. The van der Waals surface area contributed by atoms with Crippen LogP contribution >= 0.6 is 0 Å². The number of nitro groups is 1. The monoisotopic (exact) mass is 296 g/mol. The van der Waals surface area contributed by atoms with Gasteiger partial charge in [0.15, 0.2) is 0 Å². The van der Waals surface area contributed by atoms with E-state index in [4.69, 9.17) is 9.47 Å². The fourth-order valence-electron chi connectivity index (χ4n) is 1.84. The Balaban J connectivity index is 2.37. The summed E-state index contributed by atoms with van der Waals surface area (Å²) in [6, 6.07) is 0.0254. The predicted molar refractivity (Wildman–Crippen MR) is 76.8 cm³/mol. The summed E-state index contributed by atoms with van der Waals surface area (Å²) in [5.41, 5.74) is -0.218. The van der Waals surface area contributed by atoms with E-state index in [1.165, 1.54) is 0 Å². The average molecular weight is 296 g/mol. The highest BCUT2D eigenvalue weighted by Crippen LogP contribution is 2.42. The van der Waals surface area contributed by atoms with Gasteiger partial charge in [0.05, 0.1) is 11.5 Å². The number of nitrogens with zero attached hydrogens (tertiary/aromatic N) is 3. The molecule has 0 amide bonds. The zero-order chi connectivity index (χ0) is 15.4. The Bertz CT molecular complexity index is 517. The molecular formula is C13H20N4O4. The van der Waals surface area contributed by atoms with E-state index in [2.05, 4.69) is 15.3 Å². The van der Waals surface area contributed by atoms with Crippen LogP contribution in [-0.2, 0) is 4.74 Å². The summed E-state index contributed by atoms with van der Waals surface area (Å²) in [7, 11) is 1.54. The Morgan fingerprint density at radius 2 is 2.10 bits per heavy atom. The van der Waals surface area contributed by atoms with Gasteiger partial charge in [-0.3, -0.25) is 10.1 Å². The Kier molecular flexibility index (Phi) is 4.89. The van der Waals surface area contributed by atoms with Crippen molar-refractivity contribution >= 4 is 11.5 Å². The number of hydrogen-bond donors (Lipinski definition) is 1. The van der Waals surface area contributed by atoms with E-state index >= 15 is 0 Å². The standard InChI is InChI=1S/C13H20N4O4/c1-8(2)14-12-10(17(18)19)13(21-7-6-20-3)16-11(15-12)9-4-5-9/h8-9H,4-7H2,1-3H3,(H,14,15,16). The third kappa shape index (κ3) is 4.01. The summed E-state index contributed by atoms with van der Waals surface area (Å²) in [6.07, 6.45) is 2.02. The molecule has 1 aliphatic carbocycles. The maximum absolute atomic E-state index is 11.3. The van der Waals surface area contributed by atoms with Crippen molar-refractivity contribution in [2.45, 2.75) is 38.6 Å². The van der Waals surface area contributed by atoms with Crippen LogP contribution in [0.5, 0.6) is 5.88 Å². The van der Waals surface area contributed by atoms with E-state index in [0.717, 1.165) is 12.8 Å². The fraction of sp³-hybridized carbons (Fsp3) is 0.692. The number of aromatic nitrogens is 2. The molecule has 0 aromatic carbocycles. The average Bonchev–Trinajstić information content (AvgIpc) is 3.21. The zero-order valence-corrected chi connectivity index (χ0v) is 12.5. The molecule has 1 aromatic rings. The molecule has 1 aliphatic rings. The van der Waals surface area contributed by atoms with E-state index in [9.17, 15) is 10.1 Å². The van der Waals surface area contributed by atoms with Crippen LogP contribution in [0.2, 0.25) is 0 Å². The van der Waals surface area contributed by atoms with Crippen molar-refractivity contribution in [2.75, 3.05) is 25.6 Å².